The van der Waals surface area contributed by atoms with Crippen molar-refractivity contribution in [3.63, 3.8) is 0 Å². The van der Waals surface area contributed by atoms with Crippen LogP contribution in [0.4, 0.5) is 0 Å². The minimum Gasteiger partial charge on any atom is -0.465 e. The van der Waals surface area contributed by atoms with E-state index in [2.05, 4.69) is 10.2 Å². The molecular formula is C18H15ClN2O3S. The lowest BCUT2D eigenvalue weighted by molar-refractivity contribution is -0.142. The molecular weight excluding hydrogens is 360 g/mol. The average molecular weight is 375 g/mol. The Balaban J connectivity index is 1.84. The number of esters is 1. The molecule has 0 aliphatic carbocycles. The van der Waals surface area contributed by atoms with Gasteiger partial charge >= 0.3 is 5.97 Å². The van der Waals surface area contributed by atoms with E-state index in [1.54, 1.807) is 25.1 Å². The van der Waals surface area contributed by atoms with Gasteiger partial charge in [-0.3, -0.25) is 4.79 Å². The van der Waals surface area contributed by atoms with Gasteiger partial charge in [0, 0.05) is 10.6 Å². The Bertz CT molecular complexity index is 854. The van der Waals surface area contributed by atoms with Gasteiger partial charge in [0.05, 0.1) is 6.61 Å². The van der Waals surface area contributed by atoms with Gasteiger partial charge in [0.25, 0.3) is 5.22 Å². The summed E-state index contributed by atoms with van der Waals surface area (Å²) in [5, 5.41) is 8.35. The van der Waals surface area contributed by atoms with Crippen molar-refractivity contribution in [2.75, 3.05) is 6.61 Å². The van der Waals surface area contributed by atoms with Crippen LogP contribution in [-0.4, -0.2) is 22.8 Å². The minimum absolute atomic E-state index is 0.289. The number of ether oxygens (including phenoxy) is 1. The summed E-state index contributed by atoms with van der Waals surface area (Å²) in [4.78, 5) is 12.3. The maximum atomic E-state index is 12.3. The summed E-state index contributed by atoms with van der Waals surface area (Å²) < 4.78 is 10.9. The van der Waals surface area contributed by atoms with Crippen LogP contribution in [0.3, 0.4) is 0 Å². The fraction of sp³-hybridized carbons (Fsp3) is 0.167. The van der Waals surface area contributed by atoms with E-state index < -0.39 is 5.25 Å². The van der Waals surface area contributed by atoms with Crippen molar-refractivity contribution in [3.8, 4) is 11.5 Å². The van der Waals surface area contributed by atoms with Gasteiger partial charge in [0.1, 0.15) is 5.25 Å². The highest BCUT2D eigenvalue weighted by Gasteiger charge is 2.26. The zero-order valence-electron chi connectivity index (χ0n) is 13.4. The van der Waals surface area contributed by atoms with Gasteiger partial charge in [-0.1, -0.05) is 48.0 Å². The highest BCUT2D eigenvalue weighted by Crippen LogP contribution is 2.36. The van der Waals surface area contributed by atoms with E-state index in [0.29, 0.717) is 17.5 Å². The molecule has 0 radical (unpaired) electrons. The molecule has 0 unspecified atom stereocenters. The van der Waals surface area contributed by atoms with Gasteiger partial charge in [0.2, 0.25) is 5.89 Å². The molecule has 5 nitrogen and oxygen atoms in total. The summed E-state index contributed by atoms with van der Waals surface area (Å²) in [6.45, 7) is 2.08. The van der Waals surface area contributed by atoms with E-state index in [0.717, 1.165) is 22.9 Å². The number of carbonyl (C=O) groups is 1. The maximum Gasteiger partial charge on any atom is 0.324 e. The normalized spacial score (nSPS) is 11.9. The van der Waals surface area contributed by atoms with Crippen molar-refractivity contribution in [1.29, 1.82) is 0 Å². The third kappa shape index (κ3) is 4.41. The second-order valence-corrected chi connectivity index (χ2v) is 6.54. The molecule has 1 heterocycles. The van der Waals surface area contributed by atoms with Crippen LogP contribution in [0, 0.1) is 0 Å². The summed E-state index contributed by atoms with van der Waals surface area (Å²) in [7, 11) is 0. The monoisotopic (exact) mass is 374 g/mol. The molecule has 0 bridgehead atoms. The molecule has 1 aromatic heterocycles. The molecule has 3 aromatic rings. The topological polar surface area (TPSA) is 65.2 Å². The first kappa shape index (κ1) is 17.5. The number of thioether (sulfide) groups is 1. The van der Waals surface area contributed by atoms with Gasteiger partial charge < -0.3 is 9.15 Å². The van der Waals surface area contributed by atoms with Crippen LogP contribution in [0.1, 0.15) is 17.7 Å². The molecule has 3 rings (SSSR count). The lowest BCUT2D eigenvalue weighted by atomic mass is 10.1. The Morgan fingerprint density at radius 2 is 2.00 bits per heavy atom. The highest BCUT2D eigenvalue weighted by atomic mass is 35.5. The first-order valence-electron chi connectivity index (χ1n) is 7.65. The number of aromatic nitrogens is 2. The Labute approximate surface area is 154 Å². The van der Waals surface area contributed by atoms with Crippen LogP contribution < -0.4 is 0 Å². The molecule has 0 saturated carbocycles. The first-order valence-corrected chi connectivity index (χ1v) is 8.91. The van der Waals surface area contributed by atoms with Crippen molar-refractivity contribution in [3.05, 3.63) is 65.2 Å². The molecule has 128 valence electrons. The second kappa shape index (κ2) is 8.18. The molecule has 0 aliphatic rings. The Morgan fingerprint density at radius 1 is 1.20 bits per heavy atom. The predicted molar refractivity (Wildman–Crippen MR) is 96.4 cm³/mol. The average Bonchev–Trinajstić information content (AvgIpc) is 3.09. The van der Waals surface area contributed by atoms with Crippen molar-refractivity contribution >= 4 is 29.3 Å². The van der Waals surface area contributed by atoms with E-state index >= 15 is 0 Å². The summed E-state index contributed by atoms with van der Waals surface area (Å²) in [6.07, 6.45) is 0. The summed E-state index contributed by atoms with van der Waals surface area (Å²) in [6, 6.07) is 16.5. The Morgan fingerprint density at radius 3 is 2.72 bits per heavy atom. The quantitative estimate of drug-likeness (QED) is 0.456. The number of nitrogens with zero attached hydrogens (tertiary/aromatic N) is 2. The van der Waals surface area contributed by atoms with E-state index in [9.17, 15) is 4.79 Å². The van der Waals surface area contributed by atoms with Crippen molar-refractivity contribution in [2.45, 2.75) is 17.4 Å². The number of halogens is 1. The number of rotatable bonds is 6. The Hall–Kier alpha value is -2.31. The van der Waals surface area contributed by atoms with Crippen LogP contribution in [0.15, 0.2) is 64.2 Å². The highest BCUT2D eigenvalue weighted by molar-refractivity contribution is 8.00. The van der Waals surface area contributed by atoms with Crippen molar-refractivity contribution < 1.29 is 13.9 Å². The smallest absolute Gasteiger partial charge is 0.324 e. The summed E-state index contributed by atoms with van der Waals surface area (Å²) in [5.74, 6) is 0.00174. The SMILES string of the molecule is CCOC(=O)[C@@H](Sc1nnc(-c2cccc(Cl)c2)o1)c1ccccc1. The second-order valence-electron chi connectivity index (χ2n) is 5.04. The van der Waals surface area contributed by atoms with E-state index in [4.69, 9.17) is 20.8 Å². The molecule has 7 heteroatoms. The van der Waals surface area contributed by atoms with E-state index in [1.165, 1.54) is 0 Å². The van der Waals surface area contributed by atoms with Crippen LogP contribution in [0.25, 0.3) is 11.5 Å². The van der Waals surface area contributed by atoms with Crippen molar-refractivity contribution in [1.82, 2.24) is 10.2 Å². The van der Waals surface area contributed by atoms with Gasteiger partial charge in [-0.05, 0) is 42.4 Å². The fourth-order valence-corrected chi connectivity index (χ4v) is 3.26. The maximum absolute atomic E-state index is 12.3. The molecule has 0 spiro atoms. The van der Waals surface area contributed by atoms with Crippen LogP contribution in [0.5, 0.6) is 0 Å². The standard InChI is InChI=1S/C18H15ClN2O3S/c1-2-23-17(22)15(12-7-4-3-5-8-12)25-18-21-20-16(24-18)13-9-6-10-14(19)11-13/h3-11,15H,2H2,1H3/t15-/m0/s1. The molecule has 25 heavy (non-hydrogen) atoms. The molecule has 1 atom stereocenters. The summed E-state index contributed by atoms with van der Waals surface area (Å²) in [5.41, 5.74) is 1.53. The number of carbonyl (C=O) groups excluding carboxylic acids is 1. The third-order valence-corrected chi connectivity index (χ3v) is 4.60. The predicted octanol–water partition coefficient (Wildman–Crippen LogP) is 4.79. The van der Waals surface area contributed by atoms with E-state index in [1.807, 2.05) is 36.4 Å². The minimum atomic E-state index is -0.575. The largest absolute Gasteiger partial charge is 0.465 e. The third-order valence-electron chi connectivity index (χ3n) is 3.30. The van der Waals surface area contributed by atoms with Gasteiger partial charge in [-0.2, -0.15) is 0 Å². The van der Waals surface area contributed by atoms with E-state index in [-0.39, 0.29) is 11.2 Å². The number of hydrogen-bond donors (Lipinski definition) is 0. The van der Waals surface area contributed by atoms with Crippen LogP contribution in [-0.2, 0) is 9.53 Å². The zero-order chi connectivity index (χ0) is 17.6. The number of benzene rings is 2. The van der Waals surface area contributed by atoms with Gasteiger partial charge in [-0.15, -0.1) is 10.2 Å². The number of hydrogen-bond acceptors (Lipinski definition) is 6. The Kier molecular flexibility index (Phi) is 5.73. The molecule has 0 N–H and O–H groups in total. The lowest BCUT2D eigenvalue weighted by Gasteiger charge is -2.13. The summed E-state index contributed by atoms with van der Waals surface area (Å²) >= 11 is 7.15. The molecule has 0 fully saturated rings. The van der Waals surface area contributed by atoms with Gasteiger partial charge in [0.15, 0.2) is 0 Å². The van der Waals surface area contributed by atoms with Crippen molar-refractivity contribution in [2.24, 2.45) is 0 Å². The molecule has 0 aliphatic heterocycles. The van der Waals surface area contributed by atoms with Crippen LogP contribution >= 0.6 is 23.4 Å². The molecule has 0 saturated heterocycles. The first-order chi connectivity index (χ1) is 12.2. The van der Waals surface area contributed by atoms with Gasteiger partial charge in [-0.25, -0.2) is 0 Å². The fourth-order valence-electron chi connectivity index (χ4n) is 2.19. The zero-order valence-corrected chi connectivity index (χ0v) is 15.0. The molecule has 2 aromatic carbocycles. The molecule has 0 amide bonds. The van der Waals surface area contributed by atoms with Crippen LogP contribution in [0.2, 0.25) is 5.02 Å². The lowest BCUT2D eigenvalue weighted by Crippen LogP contribution is -2.13.